The lowest BCUT2D eigenvalue weighted by Crippen LogP contribution is -1.89. The van der Waals surface area contributed by atoms with E-state index in [4.69, 9.17) is 0 Å². The molecule has 76 valence electrons. The van der Waals surface area contributed by atoms with Crippen LogP contribution in [0.1, 0.15) is 12.6 Å². The second-order valence-electron chi connectivity index (χ2n) is 3.25. The number of aryl methyl sites for hydroxylation is 1. The second-order valence-corrected chi connectivity index (χ2v) is 3.25. The fraction of sp³-hybridized carbons (Fsp3) is 0.167. The van der Waals surface area contributed by atoms with Gasteiger partial charge >= 0.3 is 0 Å². The Bertz CT molecular complexity index is 434. The maximum Gasteiger partial charge on any atom is 0.141 e. The summed E-state index contributed by atoms with van der Waals surface area (Å²) >= 11 is 0. The Morgan fingerprint density at radius 3 is 2.47 bits per heavy atom. The third-order valence-corrected chi connectivity index (χ3v) is 2.21. The predicted octanol–water partition coefficient (Wildman–Crippen LogP) is 2.85. The molecule has 0 unspecified atom stereocenters. The second kappa shape index (κ2) is 4.17. The highest BCUT2D eigenvalue weighted by Gasteiger charge is 1.99. The molecule has 0 bridgehead atoms. The number of aromatic nitrogens is 2. The highest BCUT2D eigenvalue weighted by atomic mass is 19.1. The fourth-order valence-electron chi connectivity index (χ4n) is 1.33. The van der Waals surface area contributed by atoms with Gasteiger partial charge in [-0.3, -0.25) is 9.97 Å². The lowest BCUT2D eigenvalue weighted by atomic mass is 10.1. The molecule has 0 saturated heterocycles. The zero-order valence-corrected chi connectivity index (χ0v) is 8.44. The van der Waals surface area contributed by atoms with E-state index in [9.17, 15) is 4.39 Å². The van der Waals surface area contributed by atoms with Gasteiger partial charge in [-0.05, 0) is 30.7 Å². The fourth-order valence-corrected chi connectivity index (χ4v) is 1.33. The molecule has 0 aromatic carbocycles. The first-order chi connectivity index (χ1) is 7.29. The van der Waals surface area contributed by atoms with E-state index in [1.165, 1.54) is 12.3 Å². The van der Waals surface area contributed by atoms with Crippen molar-refractivity contribution in [2.75, 3.05) is 0 Å². The number of hydrogen-bond acceptors (Lipinski definition) is 2. The molecule has 2 heterocycles. The van der Waals surface area contributed by atoms with E-state index < -0.39 is 0 Å². The highest BCUT2D eigenvalue weighted by molar-refractivity contribution is 5.57. The summed E-state index contributed by atoms with van der Waals surface area (Å²) < 4.78 is 12.6. The molecule has 2 aromatic heterocycles. The lowest BCUT2D eigenvalue weighted by Gasteiger charge is -2.01. The number of halogens is 1. The maximum atomic E-state index is 12.6. The monoisotopic (exact) mass is 202 g/mol. The molecule has 0 radical (unpaired) electrons. The van der Waals surface area contributed by atoms with Gasteiger partial charge in [-0.1, -0.05) is 6.92 Å². The lowest BCUT2D eigenvalue weighted by molar-refractivity contribution is 0.622. The first kappa shape index (κ1) is 9.77. The molecule has 3 heteroatoms. The topological polar surface area (TPSA) is 25.8 Å². The number of rotatable bonds is 2. The highest BCUT2D eigenvalue weighted by Crippen LogP contribution is 2.15. The normalized spacial score (nSPS) is 10.3. The Kier molecular flexibility index (Phi) is 2.72. The first-order valence-corrected chi connectivity index (χ1v) is 4.86. The molecule has 2 rings (SSSR count). The van der Waals surface area contributed by atoms with Crippen molar-refractivity contribution in [3.05, 3.63) is 48.2 Å². The van der Waals surface area contributed by atoms with Crippen LogP contribution >= 0.6 is 0 Å². The van der Waals surface area contributed by atoms with Gasteiger partial charge in [-0.2, -0.15) is 0 Å². The molecule has 2 aromatic rings. The van der Waals surface area contributed by atoms with Gasteiger partial charge in [0.25, 0.3) is 0 Å². The molecule has 2 nitrogen and oxygen atoms in total. The van der Waals surface area contributed by atoms with E-state index in [0.717, 1.165) is 23.4 Å². The first-order valence-electron chi connectivity index (χ1n) is 4.86. The molecule has 0 aliphatic heterocycles. The molecular formula is C12H11FN2. The number of hydrogen-bond donors (Lipinski definition) is 0. The Labute approximate surface area is 87.8 Å². The molecule has 0 aliphatic rings. The Hall–Kier alpha value is -1.77. The van der Waals surface area contributed by atoms with Gasteiger partial charge < -0.3 is 0 Å². The molecule has 15 heavy (non-hydrogen) atoms. The van der Waals surface area contributed by atoms with Crippen LogP contribution in [0.2, 0.25) is 0 Å². The minimum Gasteiger partial charge on any atom is -0.261 e. The molecular weight excluding hydrogens is 191 g/mol. The molecule has 0 saturated carbocycles. The summed E-state index contributed by atoms with van der Waals surface area (Å²) in [5.41, 5.74) is 2.69. The van der Waals surface area contributed by atoms with Crippen molar-refractivity contribution in [1.29, 1.82) is 0 Å². The van der Waals surface area contributed by atoms with Crippen LogP contribution in [0, 0.1) is 5.82 Å². The summed E-state index contributed by atoms with van der Waals surface area (Å²) in [6.45, 7) is 2.05. The zero-order chi connectivity index (χ0) is 10.7. The van der Waals surface area contributed by atoms with E-state index in [-0.39, 0.29) is 5.82 Å². The van der Waals surface area contributed by atoms with E-state index in [2.05, 4.69) is 16.9 Å². The predicted molar refractivity (Wildman–Crippen MR) is 56.8 cm³/mol. The summed E-state index contributed by atoms with van der Waals surface area (Å²) in [5, 5.41) is 0. The standard InChI is InChI=1S/C12H11FN2/c1-2-11-5-3-9(7-14-11)12-6-4-10(13)8-15-12/h3-8H,2H2,1H3. The average molecular weight is 202 g/mol. The van der Waals surface area contributed by atoms with Crippen molar-refractivity contribution in [3.8, 4) is 11.3 Å². The Morgan fingerprint density at radius 2 is 1.93 bits per heavy atom. The summed E-state index contributed by atoms with van der Waals surface area (Å²) in [6.07, 6.45) is 3.89. The van der Waals surface area contributed by atoms with Crippen LogP contribution in [0.25, 0.3) is 11.3 Å². The van der Waals surface area contributed by atoms with Crippen LogP contribution in [-0.4, -0.2) is 9.97 Å². The Balaban J connectivity index is 2.33. The van der Waals surface area contributed by atoms with Gasteiger partial charge in [-0.25, -0.2) is 4.39 Å². The minimum atomic E-state index is -0.322. The van der Waals surface area contributed by atoms with Gasteiger partial charge in [0.1, 0.15) is 5.82 Å². The summed E-state index contributed by atoms with van der Waals surface area (Å²) in [6, 6.07) is 6.96. The third kappa shape index (κ3) is 2.18. The van der Waals surface area contributed by atoms with Crippen molar-refractivity contribution in [2.45, 2.75) is 13.3 Å². The SMILES string of the molecule is CCc1ccc(-c2ccc(F)cn2)cn1. The molecule has 0 amide bonds. The zero-order valence-electron chi connectivity index (χ0n) is 8.44. The van der Waals surface area contributed by atoms with Crippen molar-refractivity contribution >= 4 is 0 Å². The van der Waals surface area contributed by atoms with Crippen molar-refractivity contribution < 1.29 is 4.39 Å². The summed E-state index contributed by atoms with van der Waals surface area (Å²) in [7, 11) is 0. The van der Waals surface area contributed by atoms with E-state index >= 15 is 0 Å². The van der Waals surface area contributed by atoms with Gasteiger partial charge in [0.05, 0.1) is 11.9 Å². The van der Waals surface area contributed by atoms with Gasteiger partial charge in [0, 0.05) is 17.5 Å². The largest absolute Gasteiger partial charge is 0.261 e. The smallest absolute Gasteiger partial charge is 0.141 e. The molecule has 0 fully saturated rings. The third-order valence-electron chi connectivity index (χ3n) is 2.21. The van der Waals surface area contributed by atoms with Crippen molar-refractivity contribution in [2.24, 2.45) is 0 Å². The van der Waals surface area contributed by atoms with Gasteiger partial charge in [-0.15, -0.1) is 0 Å². The van der Waals surface area contributed by atoms with E-state index in [0.29, 0.717) is 0 Å². The van der Waals surface area contributed by atoms with E-state index in [1.807, 2.05) is 12.1 Å². The van der Waals surface area contributed by atoms with Crippen molar-refractivity contribution in [3.63, 3.8) is 0 Å². The molecule has 0 spiro atoms. The molecule has 0 aliphatic carbocycles. The van der Waals surface area contributed by atoms with Gasteiger partial charge in [0.2, 0.25) is 0 Å². The summed E-state index contributed by atoms with van der Waals surface area (Å²) in [4.78, 5) is 8.25. The van der Waals surface area contributed by atoms with Crippen LogP contribution in [0.3, 0.4) is 0 Å². The van der Waals surface area contributed by atoms with Crippen LogP contribution in [-0.2, 0) is 6.42 Å². The van der Waals surface area contributed by atoms with Crippen LogP contribution in [0.15, 0.2) is 36.7 Å². The maximum absolute atomic E-state index is 12.6. The number of pyridine rings is 2. The van der Waals surface area contributed by atoms with Gasteiger partial charge in [0.15, 0.2) is 0 Å². The number of nitrogens with zero attached hydrogens (tertiary/aromatic N) is 2. The summed E-state index contributed by atoms with van der Waals surface area (Å²) in [5.74, 6) is -0.322. The Morgan fingerprint density at radius 1 is 1.07 bits per heavy atom. The van der Waals surface area contributed by atoms with Crippen LogP contribution < -0.4 is 0 Å². The average Bonchev–Trinajstić information content (AvgIpc) is 2.30. The minimum absolute atomic E-state index is 0.322. The van der Waals surface area contributed by atoms with Crippen LogP contribution in [0.5, 0.6) is 0 Å². The molecule has 0 atom stereocenters. The van der Waals surface area contributed by atoms with E-state index in [1.54, 1.807) is 12.3 Å². The van der Waals surface area contributed by atoms with Crippen LogP contribution in [0.4, 0.5) is 4.39 Å². The quantitative estimate of drug-likeness (QED) is 0.748. The molecule has 0 N–H and O–H groups in total. The van der Waals surface area contributed by atoms with Crippen molar-refractivity contribution in [1.82, 2.24) is 9.97 Å².